The van der Waals surface area contributed by atoms with E-state index in [0.29, 0.717) is 0 Å². The van der Waals surface area contributed by atoms with Crippen molar-refractivity contribution in [3.63, 3.8) is 0 Å². The van der Waals surface area contributed by atoms with E-state index < -0.39 is 0 Å². The van der Waals surface area contributed by atoms with Crippen LogP contribution in [0.5, 0.6) is 0 Å². The van der Waals surface area contributed by atoms with Gasteiger partial charge in [0.15, 0.2) is 0 Å². The van der Waals surface area contributed by atoms with Gasteiger partial charge in [0.25, 0.3) is 0 Å². The van der Waals surface area contributed by atoms with E-state index in [9.17, 15) is 0 Å². The van der Waals surface area contributed by atoms with Crippen LogP contribution in [0, 0.1) is 0 Å². The zero-order valence-corrected chi connectivity index (χ0v) is 4.21. The summed E-state index contributed by atoms with van der Waals surface area (Å²) >= 11 is 0. The van der Waals surface area contributed by atoms with E-state index in [1.54, 1.807) is 0 Å². The van der Waals surface area contributed by atoms with Gasteiger partial charge in [-0.1, -0.05) is 0 Å². The second-order valence-corrected chi connectivity index (χ2v) is 1.06. The van der Waals surface area contributed by atoms with Crippen molar-refractivity contribution in [1.82, 2.24) is 4.98 Å². The highest BCUT2D eigenvalue weighted by Crippen LogP contribution is 1.21. The monoisotopic (exact) mass is 85.0 g/mol. The van der Waals surface area contributed by atoms with Gasteiger partial charge in [0.05, 0.1) is 0 Å². The SMILES string of the molecule is [Si]CN[Si]. The Balaban J connectivity index is 1.97. The largest absolute Gasteiger partial charge is 0.344 e. The lowest BCUT2D eigenvalue weighted by molar-refractivity contribution is 1.20. The maximum absolute atomic E-state index is 3.13. The van der Waals surface area contributed by atoms with Crippen LogP contribution in [0.1, 0.15) is 0 Å². The smallest absolute Gasteiger partial charge is 0.140 e. The first-order valence-electron chi connectivity index (χ1n) is 0.957. The van der Waals surface area contributed by atoms with Crippen LogP contribution in [0.3, 0.4) is 0 Å². The molecular formula is CH3NSi2. The van der Waals surface area contributed by atoms with Crippen molar-refractivity contribution >= 4 is 20.6 Å². The van der Waals surface area contributed by atoms with Crippen LogP contribution in [0.15, 0.2) is 0 Å². The van der Waals surface area contributed by atoms with E-state index in [4.69, 9.17) is 0 Å². The van der Waals surface area contributed by atoms with Crippen LogP contribution in [-0.4, -0.2) is 26.8 Å². The van der Waals surface area contributed by atoms with E-state index in [2.05, 4.69) is 25.6 Å². The normalized spacial score (nSPS) is 7.50. The molecular weight excluding hydrogens is 82.2 g/mol. The Morgan fingerprint density at radius 3 is 2.00 bits per heavy atom. The third kappa shape index (κ3) is 2.39. The lowest BCUT2D eigenvalue weighted by atomic mass is 11.5. The van der Waals surface area contributed by atoms with Gasteiger partial charge >= 0.3 is 0 Å². The molecule has 0 rings (SSSR count). The fourth-order valence-corrected chi connectivity index (χ4v) is 0. The highest BCUT2D eigenvalue weighted by molar-refractivity contribution is 6.14. The van der Waals surface area contributed by atoms with Crippen molar-refractivity contribution in [2.75, 3.05) is 6.17 Å². The first-order valence-corrected chi connectivity index (χ1v) is 2.16. The van der Waals surface area contributed by atoms with Gasteiger partial charge in [0, 0.05) is 10.2 Å². The van der Waals surface area contributed by atoms with Gasteiger partial charge in [0.1, 0.15) is 10.4 Å². The van der Waals surface area contributed by atoms with Crippen molar-refractivity contribution in [3.05, 3.63) is 0 Å². The Kier molecular flexibility index (Phi) is 3.73. The van der Waals surface area contributed by atoms with Gasteiger partial charge in [-0.2, -0.15) is 0 Å². The molecule has 0 saturated heterocycles. The average Bonchev–Trinajstić information content (AvgIpc) is 1.37. The minimum absolute atomic E-state index is 0.789. The van der Waals surface area contributed by atoms with Crippen LogP contribution in [0.25, 0.3) is 0 Å². The van der Waals surface area contributed by atoms with E-state index in [0.717, 1.165) is 6.17 Å². The van der Waals surface area contributed by atoms with E-state index in [1.165, 1.54) is 0 Å². The summed E-state index contributed by atoms with van der Waals surface area (Å²) in [7, 11) is 6.12. The first kappa shape index (κ1) is 4.39. The van der Waals surface area contributed by atoms with Gasteiger partial charge in [0.2, 0.25) is 0 Å². The fourth-order valence-electron chi connectivity index (χ4n) is 0. The van der Waals surface area contributed by atoms with Gasteiger partial charge in [-0.25, -0.2) is 0 Å². The summed E-state index contributed by atoms with van der Waals surface area (Å²) in [6.45, 7) is 0. The summed E-state index contributed by atoms with van der Waals surface area (Å²) in [6, 6.07) is 0. The average molecular weight is 85.2 g/mol. The molecule has 0 aromatic rings. The summed E-state index contributed by atoms with van der Waals surface area (Å²) in [5.74, 6) is 0. The molecule has 3 heteroatoms. The fraction of sp³-hybridized carbons (Fsp3) is 1.00. The molecule has 0 heterocycles. The highest BCUT2D eigenvalue weighted by atomic mass is 28.2. The quantitative estimate of drug-likeness (QED) is 0.394. The standard InChI is InChI=1S/CH3NSi2/c3-1-2-4/h2H,1H2. The predicted octanol–water partition coefficient (Wildman–Crippen LogP) is -1.21. The molecule has 0 amide bonds. The Hall–Kier alpha value is 0.394. The maximum Gasteiger partial charge on any atom is 0.140 e. The van der Waals surface area contributed by atoms with E-state index >= 15 is 0 Å². The molecule has 0 unspecified atom stereocenters. The van der Waals surface area contributed by atoms with Crippen molar-refractivity contribution in [2.24, 2.45) is 0 Å². The van der Waals surface area contributed by atoms with E-state index in [-0.39, 0.29) is 0 Å². The predicted molar refractivity (Wildman–Crippen MR) is 19.5 cm³/mol. The second kappa shape index (κ2) is 3.39. The minimum Gasteiger partial charge on any atom is -0.344 e. The number of hydrogen-bond acceptors (Lipinski definition) is 1. The number of nitrogens with one attached hydrogen (secondary N) is 1. The molecule has 1 N–H and O–H groups in total. The molecule has 20 valence electrons. The Labute approximate surface area is 32.7 Å². The molecule has 0 bridgehead atoms. The van der Waals surface area contributed by atoms with Gasteiger partial charge in [-0.15, -0.1) is 0 Å². The Morgan fingerprint density at radius 1 is 1.75 bits per heavy atom. The van der Waals surface area contributed by atoms with Gasteiger partial charge < -0.3 is 4.98 Å². The van der Waals surface area contributed by atoms with Gasteiger partial charge in [-0.05, 0) is 6.17 Å². The van der Waals surface area contributed by atoms with Crippen LogP contribution < -0.4 is 4.98 Å². The third-order valence-electron chi connectivity index (χ3n) is 0.0884. The van der Waals surface area contributed by atoms with Crippen molar-refractivity contribution in [3.8, 4) is 0 Å². The molecule has 0 aromatic heterocycles. The highest BCUT2D eigenvalue weighted by Gasteiger charge is 1.52. The molecule has 1 nitrogen and oxygen atoms in total. The zero-order valence-electron chi connectivity index (χ0n) is 2.21. The van der Waals surface area contributed by atoms with Crippen molar-refractivity contribution < 1.29 is 0 Å². The van der Waals surface area contributed by atoms with Gasteiger partial charge in [-0.3, -0.25) is 0 Å². The lowest BCUT2D eigenvalue weighted by Crippen LogP contribution is -2.08. The molecule has 0 saturated carbocycles. The zero-order chi connectivity index (χ0) is 3.41. The summed E-state index contributed by atoms with van der Waals surface area (Å²) in [5.41, 5.74) is 0. The van der Waals surface area contributed by atoms with Crippen LogP contribution in [0.4, 0.5) is 0 Å². The number of hydrogen-bond donors (Lipinski definition) is 1. The molecule has 6 radical (unpaired) electrons. The first-order chi connectivity index (χ1) is 1.91. The third-order valence-corrected chi connectivity index (χ3v) is 0.795. The molecule has 0 aliphatic heterocycles. The topological polar surface area (TPSA) is 12.0 Å². The molecule has 0 spiro atoms. The summed E-state index contributed by atoms with van der Waals surface area (Å²) in [4.78, 5) is 2.65. The van der Waals surface area contributed by atoms with Crippen LogP contribution in [-0.2, 0) is 0 Å². The molecule has 0 atom stereocenters. The summed E-state index contributed by atoms with van der Waals surface area (Å²) in [5, 5.41) is 0. The Morgan fingerprint density at radius 2 is 2.00 bits per heavy atom. The molecule has 0 aliphatic carbocycles. The molecule has 0 aromatic carbocycles. The minimum atomic E-state index is 0.789. The van der Waals surface area contributed by atoms with Crippen LogP contribution in [0.2, 0.25) is 0 Å². The maximum atomic E-state index is 3.13. The molecule has 4 heavy (non-hydrogen) atoms. The van der Waals surface area contributed by atoms with Crippen LogP contribution >= 0.6 is 0 Å². The molecule has 0 fully saturated rings. The summed E-state index contributed by atoms with van der Waals surface area (Å²) in [6.07, 6.45) is 0.789. The van der Waals surface area contributed by atoms with E-state index in [1.807, 2.05) is 0 Å². The second-order valence-electron chi connectivity index (χ2n) is 0.354. The molecule has 0 aliphatic rings. The van der Waals surface area contributed by atoms with Crippen molar-refractivity contribution in [2.45, 2.75) is 0 Å². The Bertz CT molecular complexity index is 8.00. The van der Waals surface area contributed by atoms with Crippen molar-refractivity contribution in [1.29, 1.82) is 0 Å². The summed E-state index contributed by atoms with van der Waals surface area (Å²) < 4.78 is 0. The lowest BCUT2D eigenvalue weighted by Gasteiger charge is -1.74. The number of rotatable bonds is 1.